The van der Waals surface area contributed by atoms with Crippen LogP contribution in [0.2, 0.25) is 0 Å². The van der Waals surface area contributed by atoms with Crippen molar-refractivity contribution in [2.24, 2.45) is 5.10 Å². The number of anilines is 1. The number of benzene rings is 1. The third-order valence-corrected chi connectivity index (χ3v) is 2.39. The molecule has 1 aromatic carbocycles. The van der Waals surface area contributed by atoms with Gasteiger partial charge in [-0.15, -0.1) is 0 Å². The lowest BCUT2D eigenvalue weighted by atomic mass is 10.2. The van der Waals surface area contributed by atoms with Crippen molar-refractivity contribution in [3.63, 3.8) is 0 Å². The number of nitrogens with zero attached hydrogens (tertiary/aromatic N) is 3. The van der Waals surface area contributed by atoms with Gasteiger partial charge in [0.15, 0.2) is 11.5 Å². The highest BCUT2D eigenvalue weighted by molar-refractivity contribution is 5.96. The topological polar surface area (TPSA) is 136 Å². The molecule has 0 aliphatic carbocycles. The second-order valence-electron chi connectivity index (χ2n) is 3.86. The van der Waals surface area contributed by atoms with E-state index in [9.17, 15) is 9.90 Å². The number of ether oxygens (including phenoxy) is 1. The molecule has 9 heteroatoms. The van der Waals surface area contributed by atoms with Crippen LogP contribution in [0.3, 0.4) is 0 Å². The number of carbonyl (C=O) groups is 1. The van der Waals surface area contributed by atoms with Gasteiger partial charge >= 0.3 is 0 Å². The fourth-order valence-corrected chi connectivity index (χ4v) is 1.45. The Hall–Kier alpha value is -3.10. The van der Waals surface area contributed by atoms with Crippen LogP contribution >= 0.6 is 0 Å². The largest absolute Gasteiger partial charge is 0.504 e. The number of hydrogen-bond acceptors (Lipinski definition) is 8. The van der Waals surface area contributed by atoms with Gasteiger partial charge in [0.25, 0.3) is 5.91 Å². The van der Waals surface area contributed by atoms with Crippen molar-refractivity contribution in [3.05, 3.63) is 29.5 Å². The Morgan fingerprint density at radius 3 is 3.05 bits per heavy atom. The molecule has 0 bridgehead atoms. The summed E-state index contributed by atoms with van der Waals surface area (Å²) in [4.78, 5) is 11.6. The maximum atomic E-state index is 11.6. The summed E-state index contributed by atoms with van der Waals surface area (Å²) >= 11 is 0. The molecule has 110 valence electrons. The zero-order valence-electron chi connectivity index (χ0n) is 11.1. The molecule has 0 aliphatic rings. The lowest BCUT2D eigenvalue weighted by Crippen LogP contribution is -2.19. The summed E-state index contributed by atoms with van der Waals surface area (Å²) in [6, 6.07) is 4.66. The SMILES string of the molecule is CCOc1cc(/C=N\NC(=O)c2nonc2N)ccc1O. The molecule has 1 amide bonds. The first kappa shape index (κ1) is 14.3. The van der Waals surface area contributed by atoms with Crippen molar-refractivity contribution in [2.45, 2.75) is 6.92 Å². The molecule has 0 saturated heterocycles. The van der Waals surface area contributed by atoms with Crippen LogP contribution in [0.5, 0.6) is 11.5 Å². The number of aromatic hydroxyl groups is 1. The summed E-state index contributed by atoms with van der Waals surface area (Å²) in [7, 11) is 0. The maximum absolute atomic E-state index is 11.6. The van der Waals surface area contributed by atoms with Crippen molar-refractivity contribution in [3.8, 4) is 11.5 Å². The standard InChI is InChI=1S/C12H13N5O4/c1-2-20-9-5-7(3-4-8(9)18)6-14-15-12(19)10-11(13)17-21-16-10/h3-6,18H,2H2,1H3,(H2,13,17)(H,15,19)/b14-6-. The van der Waals surface area contributed by atoms with E-state index in [-0.39, 0.29) is 17.3 Å². The molecule has 21 heavy (non-hydrogen) atoms. The van der Waals surface area contributed by atoms with Gasteiger partial charge in [-0.25, -0.2) is 10.1 Å². The maximum Gasteiger partial charge on any atom is 0.297 e. The predicted octanol–water partition coefficient (Wildman–Crippen LogP) is 0.520. The minimum absolute atomic E-state index is 0.0273. The Morgan fingerprint density at radius 1 is 1.57 bits per heavy atom. The molecular formula is C12H13N5O4. The summed E-state index contributed by atoms with van der Waals surface area (Å²) < 4.78 is 9.54. The van der Waals surface area contributed by atoms with Gasteiger partial charge in [0.05, 0.1) is 12.8 Å². The molecule has 2 rings (SSSR count). The predicted molar refractivity (Wildman–Crippen MR) is 73.0 cm³/mol. The van der Waals surface area contributed by atoms with E-state index in [0.717, 1.165) is 0 Å². The third-order valence-electron chi connectivity index (χ3n) is 2.39. The summed E-state index contributed by atoms with van der Waals surface area (Å²) in [6.07, 6.45) is 1.38. The number of phenolic OH excluding ortho intramolecular Hbond substituents is 1. The first-order valence-electron chi connectivity index (χ1n) is 5.99. The number of rotatable bonds is 5. The quantitative estimate of drug-likeness (QED) is 0.539. The first-order valence-corrected chi connectivity index (χ1v) is 5.99. The van der Waals surface area contributed by atoms with Crippen LogP contribution in [0.25, 0.3) is 0 Å². The van der Waals surface area contributed by atoms with E-state index in [1.807, 2.05) is 0 Å². The third kappa shape index (κ3) is 3.47. The zero-order chi connectivity index (χ0) is 15.2. The van der Waals surface area contributed by atoms with Crippen LogP contribution in [-0.2, 0) is 0 Å². The summed E-state index contributed by atoms with van der Waals surface area (Å²) in [6.45, 7) is 2.22. The van der Waals surface area contributed by atoms with Gasteiger partial charge in [-0.1, -0.05) is 0 Å². The number of nitrogens with one attached hydrogen (secondary N) is 1. The fourth-order valence-electron chi connectivity index (χ4n) is 1.45. The number of carbonyl (C=O) groups excluding carboxylic acids is 1. The van der Waals surface area contributed by atoms with E-state index in [1.54, 1.807) is 19.1 Å². The van der Waals surface area contributed by atoms with Crippen molar-refractivity contribution in [2.75, 3.05) is 12.3 Å². The molecule has 4 N–H and O–H groups in total. The van der Waals surface area contributed by atoms with Crippen molar-refractivity contribution < 1.29 is 19.3 Å². The van der Waals surface area contributed by atoms with E-state index < -0.39 is 5.91 Å². The van der Waals surface area contributed by atoms with Gasteiger partial charge in [0, 0.05) is 0 Å². The molecule has 0 spiro atoms. The average molecular weight is 291 g/mol. The Balaban J connectivity index is 2.03. The van der Waals surface area contributed by atoms with Crippen LogP contribution in [0.1, 0.15) is 23.0 Å². The van der Waals surface area contributed by atoms with Crippen molar-refractivity contribution >= 4 is 17.9 Å². The lowest BCUT2D eigenvalue weighted by Gasteiger charge is -2.05. The monoisotopic (exact) mass is 291 g/mol. The van der Waals surface area contributed by atoms with Crippen molar-refractivity contribution in [1.82, 2.24) is 15.7 Å². The van der Waals surface area contributed by atoms with Crippen LogP contribution in [0.15, 0.2) is 27.9 Å². The number of aromatic nitrogens is 2. The highest BCUT2D eigenvalue weighted by Gasteiger charge is 2.14. The number of hydrazone groups is 1. The minimum atomic E-state index is -0.645. The van der Waals surface area contributed by atoms with Crippen LogP contribution in [0, 0.1) is 0 Å². The number of hydrogen-bond donors (Lipinski definition) is 3. The smallest absolute Gasteiger partial charge is 0.297 e. The molecule has 2 aromatic rings. The van der Waals surface area contributed by atoms with Gasteiger partial charge < -0.3 is 15.6 Å². The van der Waals surface area contributed by atoms with Gasteiger partial charge in [0.2, 0.25) is 11.5 Å². The highest BCUT2D eigenvalue weighted by Crippen LogP contribution is 2.26. The van der Waals surface area contributed by atoms with Gasteiger partial charge in [-0.05, 0) is 41.0 Å². The second-order valence-corrected chi connectivity index (χ2v) is 3.86. The van der Waals surface area contributed by atoms with Crippen LogP contribution < -0.4 is 15.9 Å². The molecule has 0 saturated carbocycles. The van der Waals surface area contributed by atoms with E-state index in [4.69, 9.17) is 10.5 Å². The highest BCUT2D eigenvalue weighted by atomic mass is 16.6. The molecule has 0 radical (unpaired) electrons. The van der Waals surface area contributed by atoms with Gasteiger partial charge in [-0.2, -0.15) is 5.10 Å². The molecule has 1 heterocycles. The van der Waals surface area contributed by atoms with E-state index in [1.165, 1.54) is 12.3 Å². The number of nitrogens with two attached hydrogens (primary N) is 1. The summed E-state index contributed by atoms with van der Waals surface area (Å²) in [5.41, 5.74) is 8.08. The Morgan fingerprint density at radius 2 is 2.38 bits per heavy atom. The first-order chi connectivity index (χ1) is 10.1. The van der Waals surface area contributed by atoms with E-state index in [2.05, 4.69) is 25.5 Å². The van der Waals surface area contributed by atoms with Crippen molar-refractivity contribution in [1.29, 1.82) is 0 Å². The Bertz CT molecular complexity index is 667. The van der Waals surface area contributed by atoms with Crippen LogP contribution in [0.4, 0.5) is 5.82 Å². The number of phenols is 1. The zero-order valence-corrected chi connectivity index (χ0v) is 11.1. The van der Waals surface area contributed by atoms with E-state index in [0.29, 0.717) is 17.9 Å². The molecular weight excluding hydrogens is 278 g/mol. The normalized spacial score (nSPS) is 10.7. The molecule has 9 nitrogen and oxygen atoms in total. The average Bonchev–Trinajstić information content (AvgIpc) is 2.89. The number of amides is 1. The Labute approximate surface area is 119 Å². The Kier molecular flexibility index (Phi) is 4.34. The molecule has 0 unspecified atom stereocenters. The molecule has 0 fully saturated rings. The summed E-state index contributed by atoms with van der Waals surface area (Å²) in [5, 5.41) is 19.9. The van der Waals surface area contributed by atoms with E-state index >= 15 is 0 Å². The molecule has 0 atom stereocenters. The van der Waals surface area contributed by atoms with Crippen LogP contribution in [-0.4, -0.2) is 34.1 Å². The fraction of sp³-hybridized carbons (Fsp3) is 0.167. The lowest BCUT2D eigenvalue weighted by molar-refractivity contribution is 0.0946. The molecule has 1 aromatic heterocycles. The second kappa shape index (κ2) is 6.37. The summed E-state index contributed by atoms with van der Waals surface area (Å²) in [5.74, 6) is -0.406. The van der Waals surface area contributed by atoms with Gasteiger partial charge in [0.1, 0.15) is 0 Å². The number of nitrogen functional groups attached to an aromatic ring is 1. The minimum Gasteiger partial charge on any atom is -0.504 e. The molecule has 0 aliphatic heterocycles. The van der Waals surface area contributed by atoms with Gasteiger partial charge in [-0.3, -0.25) is 4.79 Å².